The van der Waals surface area contributed by atoms with Gasteiger partial charge >= 0.3 is 0 Å². The lowest BCUT2D eigenvalue weighted by Gasteiger charge is -2.29. The molecule has 0 fully saturated rings. The lowest BCUT2D eigenvalue weighted by Crippen LogP contribution is -2.48. The minimum atomic E-state index is -0.473. The number of amides is 1. The molecule has 0 aromatic carbocycles. The molecule has 0 spiro atoms. The standard InChI is InChI=1S/C11H21NO2S/c1-7(2)11(4,5)10(14)12-9(6-15)8(3)13/h7,9,15H,6H2,1-5H3,(H,12,14). The molecule has 0 saturated carbocycles. The average molecular weight is 231 g/mol. The van der Waals surface area contributed by atoms with E-state index in [2.05, 4.69) is 17.9 Å². The lowest BCUT2D eigenvalue weighted by atomic mass is 9.80. The highest BCUT2D eigenvalue weighted by molar-refractivity contribution is 7.80. The molecule has 1 N–H and O–H groups in total. The molecule has 0 aromatic heterocycles. The quantitative estimate of drug-likeness (QED) is 0.707. The smallest absolute Gasteiger partial charge is 0.226 e. The zero-order valence-electron chi connectivity index (χ0n) is 10.1. The summed E-state index contributed by atoms with van der Waals surface area (Å²) < 4.78 is 0. The maximum atomic E-state index is 11.9. The van der Waals surface area contributed by atoms with Crippen molar-refractivity contribution in [3.05, 3.63) is 0 Å². The number of ketones is 1. The van der Waals surface area contributed by atoms with Gasteiger partial charge in [0.15, 0.2) is 5.78 Å². The Morgan fingerprint density at radius 2 is 1.80 bits per heavy atom. The summed E-state index contributed by atoms with van der Waals surface area (Å²) in [6, 6.07) is -0.473. The van der Waals surface area contributed by atoms with E-state index < -0.39 is 11.5 Å². The second-order valence-electron chi connectivity index (χ2n) is 4.70. The molecular weight excluding hydrogens is 210 g/mol. The van der Waals surface area contributed by atoms with Crippen LogP contribution in [0.5, 0.6) is 0 Å². The summed E-state index contributed by atoms with van der Waals surface area (Å²) in [7, 11) is 0. The summed E-state index contributed by atoms with van der Waals surface area (Å²) >= 11 is 4.04. The van der Waals surface area contributed by atoms with E-state index in [1.807, 2.05) is 27.7 Å². The third-order valence-corrected chi connectivity index (χ3v) is 3.37. The summed E-state index contributed by atoms with van der Waals surface area (Å²) in [5, 5.41) is 2.72. The predicted octanol–water partition coefficient (Wildman–Crippen LogP) is 1.67. The van der Waals surface area contributed by atoms with E-state index >= 15 is 0 Å². The predicted molar refractivity (Wildman–Crippen MR) is 65.1 cm³/mol. The third-order valence-electron chi connectivity index (χ3n) is 3.01. The molecule has 4 heteroatoms. The van der Waals surface area contributed by atoms with Crippen LogP contribution >= 0.6 is 12.6 Å². The van der Waals surface area contributed by atoms with Crippen LogP contribution < -0.4 is 5.32 Å². The van der Waals surface area contributed by atoms with Gasteiger partial charge in [0.25, 0.3) is 0 Å². The Balaban J connectivity index is 4.54. The fourth-order valence-electron chi connectivity index (χ4n) is 0.882. The fourth-order valence-corrected chi connectivity index (χ4v) is 1.23. The Morgan fingerprint density at radius 3 is 2.07 bits per heavy atom. The Labute approximate surface area is 97.4 Å². The summed E-state index contributed by atoms with van der Waals surface area (Å²) in [6.45, 7) is 9.20. The highest BCUT2D eigenvalue weighted by Gasteiger charge is 2.32. The Kier molecular flexibility index (Phi) is 5.35. The minimum Gasteiger partial charge on any atom is -0.345 e. The van der Waals surface area contributed by atoms with Crippen molar-refractivity contribution in [1.82, 2.24) is 5.32 Å². The van der Waals surface area contributed by atoms with Gasteiger partial charge in [-0.3, -0.25) is 9.59 Å². The van der Waals surface area contributed by atoms with Gasteiger partial charge in [0.05, 0.1) is 6.04 Å². The molecule has 3 nitrogen and oxygen atoms in total. The normalized spacial score (nSPS) is 13.8. The van der Waals surface area contributed by atoms with Crippen molar-refractivity contribution >= 4 is 24.3 Å². The third kappa shape index (κ3) is 3.86. The second kappa shape index (κ2) is 5.54. The Bertz CT molecular complexity index is 249. The molecule has 0 rings (SSSR count). The average Bonchev–Trinajstić information content (AvgIpc) is 2.12. The zero-order chi connectivity index (χ0) is 12.2. The Morgan fingerprint density at radius 1 is 1.33 bits per heavy atom. The molecule has 0 aliphatic heterocycles. The van der Waals surface area contributed by atoms with E-state index in [-0.39, 0.29) is 17.6 Å². The van der Waals surface area contributed by atoms with Gasteiger partial charge in [0, 0.05) is 11.2 Å². The van der Waals surface area contributed by atoms with Crippen LogP contribution in [0.15, 0.2) is 0 Å². The van der Waals surface area contributed by atoms with Crippen LogP contribution in [0.4, 0.5) is 0 Å². The van der Waals surface area contributed by atoms with Gasteiger partial charge in [-0.1, -0.05) is 27.7 Å². The molecule has 0 heterocycles. The van der Waals surface area contributed by atoms with Gasteiger partial charge in [-0.25, -0.2) is 0 Å². The van der Waals surface area contributed by atoms with Gasteiger partial charge in [-0.15, -0.1) is 0 Å². The number of nitrogens with one attached hydrogen (secondary N) is 1. The lowest BCUT2D eigenvalue weighted by molar-refractivity contribution is -0.134. The van der Waals surface area contributed by atoms with Crippen molar-refractivity contribution < 1.29 is 9.59 Å². The number of thiol groups is 1. The molecule has 1 unspecified atom stereocenters. The van der Waals surface area contributed by atoms with E-state index in [4.69, 9.17) is 0 Å². The molecule has 0 bridgehead atoms. The topological polar surface area (TPSA) is 46.2 Å². The van der Waals surface area contributed by atoms with Crippen LogP contribution in [0.25, 0.3) is 0 Å². The van der Waals surface area contributed by atoms with Crippen LogP contribution in [0.3, 0.4) is 0 Å². The number of Topliss-reactive ketones (excluding diaryl/α,β-unsaturated/α-hetero) is 1. The first kappa shape index (κ1) is 14.5. The maximum absolute atomic E-state index is 11.9. The van der Waals surface area contributed by atoms with E-state index in [0.29, 0.717) is 5.75 Å². The van der Waals surface area contributed by atoms with Crippen molar-refractivity contribution in [2.24, 2.45) is 11.3 Å². The van der Waals surface area contributed by atoms with Crippen molar-refractivity contribution in [2.75, 3.05) is 5.75 Å². The summed E-state index contributed by atoms with van der Waals surface area (Å²) in [6.07, 6.45) is 0. The second-order valence-corrected chi connectivity index (χ2v) is 5.06. The monoisotopic (exact) mass is 231 g/mol. The molecule has 0 radical (unpaired) electrons. The van der Waals surface area contributed by atoms with Crippen molar-refractivity contribution in [3.8, 4) is 0 Å². The van der Waals surface area contributed by atoms with Gasteiger partial charge in [-0.05, 0) is 12.8 Å². The number of rotatable bonds is 5. The minimum absolute atomic E-state index is 0.0575. The molecular formula is C11H21NO2S. The van der Waals surface area contributed by atoms with Crippen LogP contribution in [-0.2, 0) is 9.59 Å². The summed E-state index contributed by atoms with van der Waals surface area (Å²) in [5.74, 6) is 0.421. The van der Waals surface area contributed by atoms with Gasteiger partial charge in [0.2, 0.25) is 5.91 Å². The van der Waals surface area contributed by atoms with Crippen LogP contribution in [0, 0.1) is 11.3 Å². The molecule has 0 saturated heterocycles. The number of hydrogen-bond donors (Lipinski definition) is 2. The molecule has 1 amide bonds. The van der Waals surface area contributed by atoms with E-state index in [1.165, 1.54) is 6.92 Å². The van der Waals surface area contributed by atoms with Crippen LogP contribution in [0.2, 0.25) is 0 Å². The van der Waals surface area contributed by atoms with E-state index in [1.54, 1.807) is 0 Å². The first-order chi connectivity index (χ1) is 6.73. The first-order valence-corrected chi connectivity index (χ1v) is 5.79. The maximum Gasteiger partial charge on any atom is 0.226 e. The number of carbonyl (C=O) groups excluding carboxylic acids is 2. The molecule has 0 aliphatic carbocycles. The van der Waals surface area contributed by atoms with Crippen molar-refractivity contribution in [2.45, 2.75) is 40.7 Å². The SMILES string of the molecule is CC(=O)C(CS)NC(=O)C(C)(C)C(C)C. The van der Waals surface area contributed by atoms with Crippen LogP contribution in [0.1, 0.15) is 34.6 Å². The highest BCUT2D eigenvalue weighted by Crippen LogP contribution is 2.26. The van der Waals surface area contributed by atoms with Gasteiger partial charge in [0.1, 0.15) is 0 Å². The largest absolute Gasteiger partial charge is 0.345 e. The molecule has 88 valence electrons. The van der Waals surface area contributed by atoms with E-state index in [0.717, 1.165) is 0 Å². The van der Waals surface area contributed by atoms with Crippen LogP contribution in [-0.4, -0.2) is 23.5 Å². The molecule has 1 atom stereocenters. The van der Waals surface area contributed by atoms with Gasteiger partial charge in [-0.2, -0.15) is 12.6 Å². The summed E-state index contributed by atoms with van der Waals surface area (Å²) in [4.78, 5) is 23.0. The molecule has 15 heavy (non-hydrogen) atoms. The van der Waals surface area contributed by atoms with Gasteiger partial charge < -0.3 is 5.32 Å². The molecule has 0 aromatic rings. The number of carbonyl (C=O) groups is 2. The van der Waals surface area contributed by atoms with Crippen molar-refractivity contribution in [3.63, 3.8) is 0 Å². The van der Waals surface area contributed by atoms with E-state index in [9.17, 15) is 9.59 Å². The Hall–Kier alpha value is -0.510. The fraction of sp³-hybridized carbons (Fsp3) is 0.818. The summed E-state index contributed by atoms with van der Waals surface area (Å²) in [5.41, 5.74) is -0.462. The number of hydrogen-bond acceptors (Lipinski definition) is 3. The molecule has 0 aliphatic rings. The zero-order valence-corrected chi connectivity index (χ0v) is 11.0. The van der Waals surface area contributed by atoms with Crippen molar-refractivity contribution in [1.29, 1.82) is 0 Å². The highest BCUT2D eigenvalue weighted by atomic mass is 32.1. The first-order valence-electron chi connectivity index (χ1n) is 5.15.